The molecule has 7 heteroatoms. The maximum atomic E-state index is 12.3. The summed E-state index contributed by atoms with van der Waals surface area (Å²) >= 11 is 1.57. The number of hydrogen-bond donors (Lipinski definition) is 2. The second-order valence-electron chi connectivity index (χ2n) is 7.00. The summed E-state index contributed by atoms with van der Waals surface area (Å²) in [6.45, 7) is 6.87. The van der Waals surface area contributed by atoms with Crippen LogP contribution in [0, 0.1) is 0 Å². The monoisotopic (exact) mass is 352 g/mol. The molecule has 6 nitrogen and oxygen atoms in total. The van der Waals surface area contributed by atoms with Crippen LogP contribution in [0.5, 0.6) is 0 Å². The largest absolute Gasteiger partial charge is 0.449 e. The Morgan fingerprint density at radius 2 is 1.88 bits per heavy atom. The van der Waals surface area contributed by atoms with Crippen molar-refractivity contribution in [2.45, 2.75) is 65.0 Å². The molecule has 0 aromatic carbocycles. The Bertz CT molecular complexity index is 646. The van der Waals surface area contributed by atoms with Crippen molar-refractivity contribution in [2.75, 3.05) is 0 Å². The summed E-state index contributed by atoms with van der Waals surface area (Å²) in [6, 6.07) is -0.608. The Balaban J connectivity index is 1.93. The van der Waals surface area contributed by atoms with Crippen molar-refractivity contribution in [1.82, 2.24) is 10.6 Å². The zero-order valence-corrected chi connectivity index (χ0v) is 15.3. The van der Waals surface area contributed by atoms with Crippen LogP contribution in [0.1, 0.15) is 61.3 Å². The van der Waals surface area contributed by atoms with Gasteiger partial charge in [0.15, 0.2) is 6.10 Å². The molecule has 1 aromatic heterocycles. The van der Waals surface area contributed by atoms with Gasteiger partial charge in [-0.1, -0.05) is 0 Å². The van der Waals surface area contributed by atoms with E-state index in [4.69, 9.17) is 4.74 Å². The highest BCUT2D eigenvalue weighted by molar-refractivity contribution is 7.10. The second-order valence-corrected chi connectivity index (χ2v) is 7.96. The van der Waals surface area contributed by atoms with Gasteiger partial charge in [-0.05, 0) is 58.9 Å². The first kappa shape index (κ1) is 18.4. The Kier molecular flexibility index (Phi) is 5.64. The zero-order valence-electron chi connectivity index (χ0n) is 14.5. The van der Waals surface area contributed by atoms with Gasteiger partial charge in [0.2, 0.25) is 0 Å². The minimum absolute atomic E-state index is 0.458. The molecule has 1 aromatic rings. The summed E-state index contributed by atoms with van der Waals surface area (Å²) in [5.74, 6) is -1.15. The average molecular weight is 352 g/mol. The average Bonchev–Trinajstić information content (AvgIpc) is 2.88. The Morgan fingerprint density at radius 1 is 1.21 bits per heavy atom. The predicted molar refractivity (Wildman–Crippen MR) is 92.3 cm³/mol. The number of carbonyl (C=O) groups is 3. The molecule has 1 aliphatic carbocycles. The number of rotatable bonds is 3. The normalized spacial score (nSPS) is 15.2. The highest BCUT2D eigenvalue weighted by atomic mass is 32.1. The number of nitrogens with one attached hydrogen (secondary N) is 2. The van der Waals surface area contributed by atoms with Crippen LogP contribution in [0.4, 0.5) is 4.79 Å². The van der Waals surface area contributed by atoms with Crippen LogP contribution in [-0.4, -0.2) is 29.6 Å². The van der Waals surface area contributed by atoms with Crippen LogP contribution in [-0.2, 0) is 22.4 Å². The Morgan fingerprint density at radius 3 is 2.54 bits per heavy atom. The summed E-state index contributed by atoms with van der Waals surface area (Å²) in [7, 11) is 0. The molecule has 0 saturated heterocycles. The molecular weight excluding hydrogens is 328 g/mol. The van der Waals surface area contributed by atoms with Gasteiger partial charge in [0, 0.05) is 15.8 Å². The van der Waals surface area contributed by atoms with E-state index in [1.54, 1.807) is 37.5 Å². The van der Waals surface area contributed by atoms with E-state index < -0.39 is 29.6 Å². The first-order valence-electron chi connectivity index (χ1n) is 8.10. The highest BCUT2D eigenvalue weighted by Crippen LogP contribution is 2.30. The fraction of sp³-hybridized carbons (Fsp3) is 0.588. The number of aryl methyl sites for hydroxylation is 1. The van der Waals surface area contributed by atoms with Crippen molar-refractivity contribution in [3.05, 3.63) is 21.4 Å². The first-order valence-corrected chi connectivity index (χ1v) is 8.98. The number of fused-ring (bicyclic) bond motifs is 1. The van der Waals surface area contributed by atoms with Crippen LogP contribution in [0.15, 0.2) is 5.38 Å². The lowest BCUT2D eigenvalue weighted by Crippen LogP contribution is -2.50. The number of esters is 1. The zero-order chi connectivity index (χ0) is 17.9. The molecule has 24 heavy (non-hydrogen) atoms. The van der Waals surface area contributed by atoms with Crippen molar-refractivity contribution in [3.8, 4) is 0 Å². The van der Waals surface area contributed by atoms with E-state index in [2.05, 4.69) is 10.6 Å². The number of carbonyl (C=O) groups excluding carboxylic acids is 3. The van der Waals surface area contributed by atoms with Crippen molar-refractivity contribution in [3.63, 3.8) is 0 Å². The van der Waals surface area contributed by atoms with Gasteiger partial charge in [0.05, 0.1) is 5.56 Å². The van der Waals surface area contributed by atoms with Gasteiger partial charge in [-0.15, -0.1) is 11.3 Å². The maximum absolute atomic E-state index is 12.3. The summed E-state index contributed by atoms with van der Waals surface area (Å²) < 4.78 is 5.23. The Hall–Kier alpha value is -1.89. The van der Waals surface area contributed by atoms with Gasteiger partial charge in [-0.2, -0.15) is 0 Å². The van der Waals surface area contributed by atoms with E-state index in [0.29, 0.717) is 5.56 Å². The van der Waals surface area contributed by atoms with Gasteiger partial charge in [-0.3, -0.25) is 10.1 Å². The first-order chi connectivity index (χ1) is 11.2. The minimum Gasteiger partial charge on any atom is -0.449 e. The number of hydrogen-bond acceptors (Lipinski definition) is 5. The third-order valence-electron chi connectivity index (χ3n) is 3.66. The lowest BCUT2D eigenvalue weighted by atomic mass is 9.96. The van der Waals surface area contributed by atoms with Crippen LogP contribution < -0.4 is 10.6 Å². The molecule has 1 aliphatic rings. The molecule has 0 fully saturated rings. The van der Waals surface area contributed by atoms with Gasteiger partial charge in [0.1, 0.15) is 0 Å². The standard InChI is InChI=1S/C17H24N2O4S/c1-10(14(20)18-16(22)19-17(2,3)4)23-15(21)12-9-24-13-8-6-5-7-11(12)13/h9-10H,5-8H2,1-4H3,(H2,18,19,20,22)/t10-/m1/s1. The van der Waals surface area contributed by atoms with Crippen LogP contribution in [0.3, 0.4) is 0 Å². The molecule has 0 spiro atoms. The maximum Gasteiger partial charge on any atom is 0.340 e. The predicted octanol–water partition coefficient (Wildman–Crippen LogP) is 2.80. The van der Waals surface area contributed by atoms with Gasteiger partial charge in [-0.25, -0.2) is 9.59 Å². The molecule has 0 bridgehead atoms. The van der Waals surface area contributed by atoms with Crippen molar-refractivity contribution >= 4 is 29.2 Å². The van der Waals surface area contributed by atoms with E-state index >= 15 is 0 Å². The number of thiophene rings is 1. The van der Waals surface area contributed by atoms with E-state index in [0.717, 1.165) is 31.2 Å². The summed E-state index contributed by atoms with van der Waals surface area (Å²) in [5, 5.41) is 6.60. The van der Waals surface area contributed by atoms with Crippen molar-refractivity contribution in [1.29, 1.82) is 0 Å². The van der Waals surface area contributed by atoms with E-state index in [1.165, 1.54) is 11.8 Å². The lowest BCUT2D eigenvalue weighted by Gasteiger charge is -2.21. The van der Waals surface area contributed by atoms with Gasteiger partial charge in [0.25, 0.3) is 5.91 Å². The fourth-order valence-corrected chi connectivity index (χ4v) is 3.64. The molecular formula is C17H24N2O4S. The molecule has 0 aliphatic heterocycles. The van der Waals surface area contributed by atoms with E-state index in [1.807, 2.05) is 0 Å². The quantitative estimate of drug-likeness (QED) is 0.819. The molecule has 1 atom stereocenters. The summed E-state index contributed by atoms with van der Waals surface area (Å²) in [4.78, 5) is 37.2. The smallest absolute Gasteiger partial charge is 0.340 e. The Labute approximate surface area is 146 Å². The molecule has 2 N–H and O–H groups in total. The minimum atomic E-state index is -1.04. The molecule has 132 valence electrons. The molecule has 1 heterocycles. The fourth-order valence-electron chi connectivity index (χ4n) is 2.53. The number of urea groups is 1. The summed E-state index contributed by atoms with van der Waals surface area (Å²) in [5.41, 5.74) is 1.14. The molecule has 0 radical (unpaired) electrons. The second kappa shape index (κ2) is 7.34. The van der Waals surface area contributed by atoms with Crippen LogP contribution in [0.25, 0.3) is 0 Å². The van der Waals surface area contributed by atoms with Crippen molar-refractivity contribution < 1.29 is 19.1 Å². The van der Waals surface area contributed by atoms with Crippen LogP contribution >= 0.6 is 11.3 Å². The van der Waals surface area contributed by atoms with Crippen LogP contribution in [0.2, 0.25) is 0 Å². The summed E-state index contributed by atoms with van der Waals surface area (Å²) in [6.07, 6.45) is 3.03. The number of imide groups is 1. The molecule has 2 rings (SSSR count). The topological polar surface area (TPSA) is 84.5 Å². The van der Waals surface area contributed by atoms with E-state index in [9.17, 15) is 14.4 Å². The molecule has 0 unspecified atom stereocenters. The molecule has 0 saturated carbocycles. The lowest BCUT2D eigenvalue weighted by molar-refractivity contribution is -0.127. The van der Waals surface area contributed by atoms with E-state index in [-0.39, 0.29) is 0 Å². The third-order valence-corrected chi connectivity index (χ3v) is 4.75. The number of ether oxygens (including phenoxy) is 1. The van der Waals surface area contributed by atoms with Gasteiger partial charge >= 0.3 is 12.0 Å². The number of amides is 3. The van der Waals surface area contributed by atoms with Gasteiger partial charge < -0.3 is 10.1 Å². The highest BCUT2D eigenvalue weighted by Gasteiger charge is 2.26. The SMILES string of the molecule is C[C@@H](OC(=O)c1csc2c1CCCC2)C(=O)NC(=O)NC(C)(C)C. The van der Waals surface area contributed by atoms with Crippen molar-refractivity contribution in [2.24, 2.45) is 0 Å². The molecule has 3 amide bonds. The third kappa shape index (κ3) is 4.80.